The monoisotopic (exact) mass is 783 g/mol. The van der Waals surface area contributed by atoms with Crippen LogP contribution < -0.4 is 27.2 Å². The van der Waals surface area contributed by atoms with Gasteiger partial charge in [0.15, 0.2) is 10.9 Å². The summed E-state index contributed by atoms with van der Waals surface area (Å²) in [6, 6.07) is 64.0. The highest BCUT2D eigenvalue weighted by atomic mass is 16.1. The quantitative estimate of drug-likeness (QED) is 0.101. The summed E-state index contributed by atoms with van der Waals surface area (Å²) in [6.45, 7) is -0.195. The number of nitrogens with zero attached hydrogens (tertiary/aromatic N) is 1. The minimum absolute atomic E-state index is 0.0414. The summed E-state index contributed by atoms with van der Waals surface area (Å²) in [5, 5.41) is 7.05. The Morgan fingerprint density at radius 1 is 0.290 bits per heavy atom. The van der Waals surface area contributed by atoms with E-state index in [4.69, 9.17) is 0 Å². The molecule has 2 aromatic heterocycles. The largest absolute Gasteiger partial charge is 0.308 e. The fourth-order valence-electron chi connectivity index (χ4n) is 12.3. The van der Waals surface area contributed by atoms with Crippen LogP contribution in [0.4, 0.5) is 0 Å². The zero-order chi connectivity index (χ0) is 40.5. The summed E-state index contributed by atoms with van der Waals surface area (Å²) in [7, 11) is 0. The van der Waals surface area contributed by atoms with Crippen molar-refractivity contribution in [2.45, 2.75) is 0 Å². The molecule has 3 nitrogen and oxygen atoms in total. The molecule has 0 bridgehead atoms. The van der Waals surface area contributed by atoms with Crippen LogP contribution in [0.1, 0.15) is 0 Å². The van der Waals surface area contributed by atoms with Crippen molar-refractivity contribution >= 4 is 82.7 Å². The van der Waals surface area contributed by atoms with Gasteiger partial charge in [-0.2, -0.15) is 0 Å². The van der Waals surface area contributed by atoms with E-state index >= 15 is 9.59 Å². The molecule has 62 heavy (non-hydrogen) atoms. The van der Waals surface area contributed by atoms with E-state index in [1.807, 2.05) is 30.3 Å². The maximum Gasteiger partial charge on any atom is 0.250 e. The molecule has 0 saturated heterocycles. The fraction of sp³-hybridized carbons (Fsp3) is 0. The highest BCUT2D eigenvalue weighted by Gasteiger charge is 2.46. The van der Waals surface area contributed by atoms with E-state index in [1.54, 1.807) is 0 Å². The summed E-state index contributed by atoms with van der Waals surface area (Å²) in [6.07, 6.45) is 0. The minimum Gasteiger partial charge on any atom is -0.308 e. The molecule has 10 aromatic carbocycles. The number of hydrogen-bond donors (Lipinski definition) is 0. The van der Waals surface area contributed by atoms with Crippen LogP contribution >= 0.6 is 0 Å². The molecule has 0 atom stereocenters. The molecule has 0 N–H and O–H groups in total. The van der Waals surface area contributed by atoms with Crippen molar-refractivity contribution in [2.75, 3.05) is 0 Å². The lowest BCUT2D eigenvalue weighted by Crippen LogP contribution is -2.60. The summed E-state index contributed by atoms with van der Waals surface area (Å²) >= 11 is 0. The normalized spacial score (nSPS) is 12.9. The Hall–Kier alpha value is -8.08. The second kappa shape index (κ2) is 11.4. The van der Waals surface area contributed by atoms with Crippen molar-refractivity contribution in [3.8, 4) is 66.8 Å². The number of hydrogen-bond acceptors (Lipinski definition) is 2. The number of fused-ring (bicyclic) bond motifs is 2. The Morgan fingerprint density at radius 2 is 0.661 bits per heavy atom. The molecule has 15 rings (SSSR count). The van der Waals surface area contributed by atoms with Crippen LogP contribution in [0.15, 0.2) is 192 Å². The average molecular weight is 784 g/mol. The number of rotatable bonds is 4. The molecular weight excluding hydrogens is 753 g/mol. The molecule has 0 saturated carbocycles. The topological polar surface area (TPSA) is 38.5 Å². The lowest BCUT2D eigenvalue weighted by atomic mass is 9.30. The SMILES string of the molecule is O=c1c2cccc3c(=O)c4c(-c5ccccc5-c5ccccc5)c5cccc6c5c5c4n(c4c7c8c(cccc8c(-c8ccccc8-c8ccccc8)c14)-c1cccc-6c1B75)c23. The molecule has 5 heterocycles. The Labute approximate surface area is 354 Å². The Kier molecular flexibility index (Phi) is 6.01. The Balaban J connectivity index is 1.29. The maximum absolute atomic E-state index is 15.9. The molecule has 0 aliphatic carbocycles. The predicted octanol–water partition coefficient (Wildman–Crippen LogP) is 11.3. The van der Waals surface area contributed by atoms with Crippen LogP contribution in [0, 0.1) is 0 Å². The Bertz CT molecular complexity index is 3930. The molecule has 0 unspecified atom stereocenters. The number of benzene rings is 10. The molecule has 282 valence electrons. The molecule has 0 radical (unpaired) electrons. The molecule has 12 aromatic rings. The van der Waals surface area contributed by atoms with Crippen LogP contribution in [0.2, 0.25) is 0 Å². The lowest BCUT2D eigenvalue weighted by Gasteiger charge is -2.39. The summed E-state index contributed by atoms with van der Waals surface area (Å²) < 4.78 is 2.38. The van der Waals surface area contributed by atoms with Gasteiger partial charge in [-0.05, 0) is 100 Å². The summed E-state index contributed by atoms with van der Waals surface area (Å²) in [5.74, 6) is 0. The molecule has 0 amide bonds. The highest BCUT2D eigenvalue weighted by molar-refractivity contribution is 7.04. The van der Waals surface area contributed by atoms with Crippen LogP contribution in [-0.2, 0) is 0 Å². The van der Waals surface area contributed by atoms with Gasteiger partial charge in [-0.15, -0.1) is 0 Å². The number of para-hydroxylation sites is 1. The second-order valence-electron chi connectivity index (χ2n) is 17.2. The molecule has 3 aliphatic heterocycles. The number of pyridine rings is 2. The zero-order valence-corrected chi connectivity index (χ0v) is 33.2. The van der Waals surface area contributed by atoms with Crippen LogP contribution in [0.25, 0.3) is 126 Å². The lowest BCUT2D eigenvalue weighted by molar-refractivity contribution is 1.32. The summed E-state index contributed by atoms with van der Waals surface area (Å²) in [5.41, 5.74) is 19.1. The highest BCUT2D eigenvalue weighted by Crippen LogP contribution is 2.50. The van der Waals surface area contributed by atoms with E-state index in [-0.39, 0.29) is 17.6 Å². The first-order valence-corrected chi connectivity index (χ1v) is 21.4. The van der Waals surface area contributed by atoms with Crippen molar-refractivity contribution < 1.29 is 0 Å². The molecule has 3 aliphatic rings. The first-order chi connectivity index (χ1) is 30.7. The van der Waals surface area contributed by atoms with Gasteiger partial charge in [0.25, 0.3) is 0 Å². The van der Waals surface area contributed by atoms with E-state index in [1.165, 1.54) is 49.4 Å². The van der Waals surface area contributed by atoms with Gasteiger partial charge in [0, 0.05) is 21.9 Å². The van der Waals surface area contributed by atoms with Gasteiger partial charge in [-0.25, -0.2) is 0 Å². The van der Waals surface area contributed by atoms with Crippen molar-refractivity contribution in [3.05, 3.63) is 202 Å². The fourth-order valence-corrected chi connectivity index (χ4v) is 12.3. The van der Waals surface area contributed by atoms with Crippen molar-refractivity contribution in [1.29, 1.82) is 0 Å². The van der Waals surface area contributed by atoms with Gasteiger partial charge in [-0.3, -0.25) is 9.59 Å². The second-order valence-corrected chi connectivity index (χ2v) is 17.2. The summed E-state index contributed by atoms with van der Waals surface area (Å²) in [4.78, 5) is 31.7. The average Bonchev–Trinajstić information content (AvgIpc) is 3.34. The van der Waals surface area contributed by atoms with Crippen molar-refractivity contribution in [3.63, 3.8) is 0 Å². The third-order valence-electron chi connectivity index (χ3n) is 14.5. The van der Waals surface area contributed by atoms with E-state index in [0.717, 1.165) is 66.3 Å². The first kappa shape index (κ1) is 32.7. The smallest absolute Gasteiger partial charge is 0.250 e. The van der Waals surface area contributed by atoms with Crippen LogP contribution in [-0.4, -0.2) is 11.1 Å². The first-order valence-electron chi connectivity index (χ1n) is 21.4. The molecule has 4 heteroatoms. The van der Waals surface area contributed by atoms with Gasteiger partial charge in [0.2, 0.25) is 6.71 Å². The molecule has 0 spiro atoms. The molecule has 0 fully saturated rings. The van der Waals surface area contributed by atoms with Gasteiger partial charge >= 0.3 is 0 Å². The van der Waals surface area contributed by atoms with E-state index in [2.05, 4.69) is 156 Å². The van der Waals surface area contributed by atoms with Gasteiger partial charge < -0.3 is 4.40 Å². The maximum atomic E-state index is 15.9. The van der Waals surface area contributed by atoms with Gasteiger partial charge in [0.1, 0.15) is 0 Å². The third-order valence-corrected chi connectivity index (χ3v) is 14.5. The minimum atomic E-state index is -0.195. The van der Waals surface area contributed by atoms with Crippen molar-refractivity contribution in [1.82, 2.24) is 4.40 Å². The van der Waals surface area contributed by atoms with Crippen LogP contribution in [0.3, 0.4) is 0 Å². The van der Waals surface area contributed by atoms with Gasteiger partial charge in [0.05, 0.1) is 27.3 Å². The van der Waals surface area contributed by atoms with Crippen LogP contribution in [0.5, 0.6) is 0 Å². The Morgan fingerprint density at radius 3 is 1.15 bits per heavy atom. The molecular formula is C58H30BNO2. The number of aromatic nitrogens is 1. The van der Waals surface area contributed by atoms with E-state index < -0.39 is 0 Å². The van der Waals surface area contributed by atoms with E-state index in [9.17, 15) is 0 Å². The van der Waals surface area contributed by atoms with Gasteiger partial charge in [-0.1, -0.05) is 175 Å². The standard InChI is InChI=1S/C58H30BNO2/c61-57-43-29-14-30-44-54(43)60-55-49(57)45(35-21-9-7-19-33(35)31-15-3-1-4-16-31)41-27-11-23-37-39-25-13-26-40-38-24-12-28-42-46(36-22-10-8-20-34(36)32-17-5-2-6-18-32)50(58(44)62)56(60)53(48(38)42)59(51(39)40)52(55)47(37)41/h1-30H. The third kappa shape index (κ3) is 3.73. The van der Waals surface area contributed by atoms with Crippen molar-refractivity contribution in [2.24, 2.45) is 0 Å². The predicted molar refractivity (Wildman–Crippen MR) is 259 cm³/mol. The zero-order valence-electron chi connectivity index (χ0n) is 33.2. The van der Waals surface area contributed by atoms with E-state index in [0.29, 0.717) is 27.1 Å².